The molecule has 126 valence electrons. The number of carbonyl (C=O) groups is 1. The average molecular weight is 333 g/mol. The first-order valence-electron chi connectivity index (χ1n) is 7.57. The van der Waals surface area contributed by atoms with Crippen LogP contribution in [0.4, 0.5) is 15.8 Å². The van der Waals surface area contributed by atoms with Gasteiger partial charge in [0.05, 0.1) is 17.7 Å². The van der Waals surface area contributed by atoms with E-state index in [9.17, 15) is 19.3 Å². The Morgan fingerprint density at radius 2 is 2.25 bits per heavy atom. The van der Waals surface area contributed by atoms with Crippen molar-refractivity contribution in [1.82, 2.24) is 5.32 Å². The number of anilines is 1. The van der Waals surface area contributed by atoms with Crippen LogP contribution in [-0.4, -0.2) is 23.4 Å². The topological polar surface area (TPSA) is 88.6 Å². The normalized spacial score (nSPS) is 17.0. The highest BCUT2D eigenvalue weighted by Gasteiger charge is 2.35. The summed E-state index contributed by atoms with van der Waals surface area (Å²) in [7, 11) is 0. The van der Waals surface area contributed by atoms with E-state index in [2.05, 4.69) is 5.32 Å². The predicted octanol–water partition coefficient (Wildman–Crippen LogP) is 2.61. The van der Waals surface area contributed by atoms with Crippen LogP contribution in [0.3, 0.4) is 0 Å². The van der Waals surface area contributed by atoms with Crippen LogP contribution in [0.5, 0.6) is 0 Å². The molecule has 7 nitrogen and oxygen atoms in total. The summed E-state index contributed by atoms with van der Waals surface area (Å²) >= 11 is 0. The number of nitro benzene ring substituents is 1. The van der Waals surface area contributed by atoms with E-state index in [0.717, 1.165) is 6.07 Å². The van der Waals surface area contributed by atoms with Crippen LogP contribution in [0, 0.1) is 15.9 Å². The van der Waals surface area contributed by atoms with Crippen LogP contribution < -0.4 is 10.2 Å². The molecule has 0 radical (unpaired) electrons. The van der Waals surface area contributed by atoms with Crippen molar-refractivity contribution in [3.8, 4) is 0 Å². The van der Waals surface area contributed by atoms with Crippen molar-refractivity contribution in [1.29, 1.82) is 0 Å². The number of para-hydroxylation sites is 1. The first-order valence-corrected chi connectivity index (χ1v) is 7.57. The van der Waals surface area contributed by atoms with Crippen molar-refractivity contribution in [2.75, 3.05) is 11.4 Å². The summed E-state index contributed by atoms with van der Waals surface area (Å²) in [6.07, 6.45) is 2.77. The molecule has 1 aromatic carbocycles. The van der Waals surface area contributed by atoms with Crippen molar-refractivity contribution >= 4 is 17.3 Å². The summed E-state index contributed by atoms with van der Waals surface area (Å²) in [5, 5.41) is 13.9. The van der Waals surface area contributed by atoms with E-state index < -0.39 is 22.5 Å². The van der Waals surface area contributed by atoms with Crippen LogP contribution in [0.2, 0.25) is 0 Å². The largest absolute Gasteiger partial charge is 0.467 e. The Bertz CT molecular complexity index is 748. The van der Waals surface area contributed by atoms with Gasteiger partial charge in [-0.15, -0.1) is 0 Å². The number of nitrogens with one attached hydrogen (secondary N) is 1. The van der Waals surface area contributed by atoms with Gasteiger partial charge in [0, 0.05) is 6.54 Å². The standard InChI is InChI=1S/C16H16FN3O4/c17-12-5-1-6-13(15(12)20(22)23)19-8-2-7-14(19)16(21)18-10-11-4-3-9-24-11/h1,3-6,9,14H,2,7-8,10H2,(H,18,21)/t14-/m1/s1. The molecule has 2 heterocycles. The predicted molar refractivity (Wildman–Crippen MR) is 84.0 cm³/mol. The molecule has 1 amide bonds. The zero-order chi connectivity index (χ0) is 17.1. The van der Waals surface area contributed by atoms with Gasteiger partial charge >= 0.3 is 5.69 Å². The molecule has 1 atom stereocenters. The Labute approximate surface area is 137 Å². The summed E-state index contributed by atoms with van der Waals surface area (Å²) < 4.78 is 19.0. The summed E-state index contributed by atoms with van der Waals surface area (Å²) in [6.45, 7) is 0.699. The fraction of sp³-hybridized carbons (Fsp3) is 0.312. The van der Waals surface area contributed by atoms with Gasteiger partial charge < -0.3 is 14.6 Å². The van der Waals surface area contributed by atoms with E-state index in [1.54, 1.807) is 17.0 Å². The van der Waals surface area contributed by atoms with Crippen LogP contribution in [-0.2, 0) is 11.3 Å². The van der Waals surface area contributed by atoms with Crippen LogP contribution in [0.25, 0.3) is 0 Å². The summed E-state index contributed by atoms with van der Waals surface area (Å²) in [5.41, 5.74) is -0.459. The number of nitro groups is 1. The van der Waals surface area contributed by atoms with Gasteiger partial charge in [-0.2, -0.15) is 4.39 Å². The van der Waals surface area contributed by atoms with Crippen molar-refractivity contribution in [3.63, 3.8) is 0 Å². The number of rotatable bonds is 5. The number of amides is 1. The fourth-order valence-corrected chi connectivity index (χ4v) is 2.95. The molecule has 3 rings (SSSR count). The molecule has 24 heavy (non-hydrogen) atoms. The van der Waals surface area contributed by atoms with Gasteiger partial charge in [0.15, 0.2) is 0 Å². The van der Waals surface area contributed by atoms with Gasteiger partial charge in [-0.1, -0.05) is 6.07 Å². The van der Waals surface area contributed by atoms with Gasteiger partial charge in [-0.05, 0) is 37.1 Å². The molecule has 1 aliphatic rings. The molecule has 0 bridgehead atoms. The zero-order valence-corrected chi connectivity index (χ0v) is 12.8. The molecule has 0 unspecified atom stereocenters. The second-order valence-electron chi connectivity index (χ2n) is 5.51. The number of benzene rings is 1. The van der Waals surface area contributed by atoms with E-state index in [1.165, 1.54) is 18.4 Å². The third-order valence-electron chi connectivity index (χ3n) is 4.03. The third-order valence-corrected chi connectivity index (χ3v) is 4.03. The molecule has 0 aliphatic carbocycles. The Kier molecular flexibility index (Phi) is 4.45. The lowest BCUT2D eigenvalue weighted by Crippen LogP contribution is -2.43. The Morgan fingerprint density at radius 3 is 2.96 bits per heavy atom. The number of nitrogens with zero attached hydrogens (tertiary/aromatic N) is 2. The first-order chi connectivity index (χ1) is 11.6. The molecule has 1 saturated heterocycles. The number of halogens is 1. The molecule has 0 saturated carbocycles. The summed E-state index contributed by atoms with van der Waals surface area (Å²) in [6, 6.07) is 6.82. The number of hydrogen-bond acceptors (Lipinski definition) is 5. The van der Waals surface area contributed by atoms with Gasteiger partial charge in [0.25, 0.3) is 0 Å². The van der Waals surface area contributed by atoms with E-state index in [1.807, 2.05) is 0 Å². The van der Waals surface area contributed by atoms with E-state index in [0.29, 0.717) is 25.1 Å². The number of furan rings is 1. The molecule has 1 N–H and O–H groups in total. The first kappa shape index (κ1) is 16.0. The molecule has 8 heteroatoms. The van der Waals surface area contributed by atoms with Crippen molar-refractivity contribution in [2.45, 2.75) is 25.4 Å². The second-order valence-corrected chi connectivity index (χ2v) is 5.51. The lowest BCUT2D eigenvalue weighted by atomic mass is 10.1. The lowest BCUT2D eigenvalue weighted by molar-refractivity contribution is -0.386. The minimum absolute atomic E-state index is 0.135. The maximum absolute atomic E-state index is 13.8. The Morgan fingerprint density at radius 1 is 1.42 bits per heavy atom. The number of hydrogen-bond donors (Lipinski definition) is 1. The quantitative estimate of drug-likeness (QED) is 0.671. The monoisotopic (exact) mass is 333 g/mol. The van der Waals surface area contributed by atoms with Crippen molar-refractivity contribution in [2.24, 2.45) is 0 Å². The summed E-state index contributed by atoms with van der Waals surface area (Å²) in [4.78, 5) is 24.5. The molecule has 1 fully saturated rings. The van der Waals surface area contributed by atoms with Gasteiger partial charge in [0.1, 0.15) is 17.5 Å². The minimum atomic E-state index is -0.904. The van der Waals surface area contributed by atoms with Gasteiger partial charge in [-0.25, -0.2) is 0 Å². The molecule has 1 aliphatic heterocycles. The van der Waals surface area contributed by atoms with Crippen molar-refractivity contribution < 1.29 is 18.5 Å². The van der Waals surface area contributed by atoms with Crippen LogP contribution >= 0.6 is 0 Å². The van der Waals surface area contributed by atoms with E-state index in [4.69, 9.17) is 4.42 Å². The van der Waals surface area contributed by atoms with E-state index in [-0.39, 0.29) is 18.1 Å². The average Bonchev–Trinajstić information content (AvgIpc) is 3.23. The van der Waals surface area contributed by atoms with Gasteiger partial charge in [0.2, 0.25) is 11.7 Å². The van der Waals surface area contributed by atoms with E-state index >= 15 is 0 Å². The van der Waals surface area contributed by atoms with Crippen molar-refractivity contribution in [3.05, 3.63) is 58.3 Å². The highest BCUT2D eigenvalue weighted by Crippen LogP contribution is 2.35. The highest BCUT2D eigenvalue weighted by molar-refractivity contribution is 5.87. The summed E-state index contributed by atoms with van der Waals surface area (Å²) in [5.74, 6) is -0.550. The molecule has 2 aromatic rings. The smallest absolute Gasteiger partial charge is 0.327 e. The molecule has 1 aromatic heterocycles. The molecular weight excluding hydrogens is 317 g/mol. The van der Waals surface area contributed by atoms with Gasteiger partial charge in [-0.3, -0.25) is 14.9 Å². The van der Waals surface area contributed by atoms with Crippen LogP contribution in [0.1, 0.15) is 18.6 Å². The Hall–Kier alpha value is -2.90. The zero-order valence-electron chi connectivity index (χ0n) is 12.8. The minimum Gasteiger partial charge on any atom is -0.467 e. The molecular formula is C16H16FN3O4. The third kappa shape index (κ3) is 3.08. The van der Waals surface area contributed by atoms with Crippen LogP contribution in [0.15, 0.2) is 41.0 Å². The highest BCUT2D eigenvalue weighted by atomic mass is 19.1. The lowest BCUT2D eigenvalue weighted by Gasteiger charge is -2.25. The molecule has 0 spiro atoms. The maximum atomic E-state index is 13.8. The Balaban J connectivity index is 1.79. The maximum Gasteiger partial charge on any atom is 0.327 e. The SMILES string of the molecule is O=C(NCc1ccco1)[C@H]1CCCN1c1cccc(F)c1[N+](=O)[O-]. The number of carbonyl (C=O) groups excluding carboxylic acids is 1. The fourth-order valence-electron chi connectivity index (χ4n) is 2.95. The second kappa shape index (κ2) is 6.69.